The van der Waals surface area contributed by atoms with Gasteiger partial charge in [0.25, 0.3) is 0 Å². The maximum Gasteiger partial charge on any atom is -0.0355 e. The number of unbranched alkanes of at least 4 members (excludes halogenated alkanes) is 2. The molecule has 0 aromatic rings. The molecule has 0 radical (unpaired) electrons. The quantitative estimate of drug-likeness (QED) is 0.537. The van der Waals surface area contributed by atoms with Gasteiger partial charge >= 0.3 is 0 Å². The van der Waals surface area contributed by atoms with Gasteiger partial charge < -0.3 is 0 Å². The van der Waals surface area contributed by atoms with Crippen molar-refractivity contribution in [3.05, 3.63) is 0 Å². The molecule has 0 aliphatic heterocycles. The second kappa shape index (κ2) is 5.37. The Morgan fingerprint density at radius 1 is 1.07 bits per heavy atom. The van der Waals surface area contributed by atoms with Gasteiger partial charge in [-0.15, -0.1) is 0 Å². The molecule has 4 atom stereocenters. The first-order chi connectivity index (χ1) is 7.35. The molecule has 0 heteroatoms. The van der Waals surface area contributed by atoms with E-state index in [4.69, 9.17) is 0 Å². The molecule has 0 heterocycles. The van der Waals surface area contributed by atoms with Crippen molar-refractivity contribution in [3.8, 4) is 0 Å². The highest BCUT2D eigenvalue weighted by Gasteiger charge is 2.41. The number of hydrogen-bond acceptors (Lipinski definition) is 0. The van der Waals surface area contributed by atoms with Crippen molar-refractivity contribution in [1.82, 2.24) is 0 Å². The lowest BCUT2D eigenvalue weighted by Crippen LogP contribution is -2.20. The summed E-state index contributed by atoms with van der Waals surface area (Å²) in [6.45, 7) is 4.74. The van der Waals surface area contributed by atoms with E-state index < -0.39 is 0 Å². The summed E-state index contributed by atoms with van der Waals surface area (Å²) < 4.78 is 0. The minimum Gasteiger partial charge on any atom is -0.0654 e. The lowest BCUT2D eigenvalue weighted by molar-refractivity contribution is 0.206. The van der Waals surface area contributed by atoms with Crippen molar-refractivity contribution in [3.63, 3.8) is 0 Å². The zero-order valence-electron chi connectivity index (χ0n) is 10.7. The van der Waals surface area contributed by atoms with Crippen LogP contribution in [0, 0.1) is 23.7 Å². The number of fused-ring (bicyclic) bond motifs is 2. The van der Waals surface area contributed by atoms with Gasteiger partial charge in [0.15, 0.2) is 0 Å². The molecule has 2 aliphatic rings. The van der Waals surface area contributed by atoms with Crippen LogP contribution in [0.4, 0.5) is 0 Å². The smallest absolute Gasteiger partial charge is 0.0355 e. The van der Waals surface area contributed by atoms with E-state index >= 15 is 0 Å². The Morgan fingerprint density at radius 2 is 1.93 bits per heavy atom. The molecule has 0 aromatic carbocycles. The van der Waals surface area contributed by atoms with E-state index in [-0.39, 0.29) is 0 Å². The topological polar surface area (TPSA) is 0 Å². The van der Waals surface area contributed by atoms with Crippen molar-refractivity contribution >= 4 is 0 Å². The maximum absolute atomic E-state index is 2.42. The zero-order chi connectivity index (χ0) is 10.7. The molecule has 88 valence electrons. The third kappa shape index (κ3) is 2.57. The summed E-state index contributed by atoms with van der Waals surface area (Å²) in [7, 11) is 0. The van der Waals surface area contributed by atoms with Crippen molar-refractivity contribution in [1.29, 1.82) is 0 Å². The molecule has 2 rings (SSSR count). The molecule has 2 bridgehead atoms. The van der Waals surface area contributed by atoms with Crippen molar-refractivity contribution < 1.29 is 0 Å². The molecular formula is C15H28. The first-order valence-corrected chi connectivity index (χ1v) is 7.35. The number of rotatable bonds is 6. The highest BCUT2D eigenvalue weighted by Crippen LogP contribution is 2.52. The Hall–Kier alpha value is 0. The third-order valence-electron chi connectivity index (χ3n) is 5.10. The summed E-state index contributed by atoms with van der Waals surface area (Å²) in [6, 6.07) is 0. The van der Waals surface area contributed by atoms with Crippen molar-refractivity contribution in [2.75, 3.05) is 0 Å². The monoisotopic (exact) mass is 208 g/mol. The van der Waals surface area contributed by atoms with Crippen LogP contribution >= 0.6 is 0 Å². The second-order valence-corrected chi connectivity index (χ2v) is 6.00. The highest BCUT2D eigenvalue weighted by atomic mass is 14.5. The third-order valence-corrected chi connectivity index (χ3v) is 5.10. The lowest BCUT2D eigenvalue weighted by atomic mass is 9.76. The molecule has 4 unspecified atom stereocenters. The van der Waals surface area contributed by atoms with Gasteiger partial charge in [-0.2, -0.15) is 0 Å². The number of hydrogen-bond donors (Lipinski definition) is 0. The van der Waals surface area contributed by atoms with Crippen LogP contribution < -0.4 is 0 Å². The summed E-state index contributed by atoms with van der Waals surface area (Å²) in [5.74, 6) is 4.49. The first kappa shape index (κ1) is 11.5. The predicted molar refractivity (Wildman–Crippen MR) is 66.9 cm³/mol. The van der Waals surface area contributed by atoms with Crippen LogP contribution in [0.2, 0.25) is 0 Å². The van der Waals surface area contributed by atoms with Crippen LogP contribution in [0.3, 0.4) is 0 Å². The Bertz CT molecular complexity index is 184. The van der Waals surface area contributed by atoms with Gasteiger partial charge in [-0.25, -0.2) is 0 Å². The molecule has 0 aromatic heterocycles. The van der Waals surface area contributed by atoms with Gasteiger partial charge in [-0.05, 0) is 42.9 Å². The van der Waals surface area contributed by atoms with Crippen molar-refractivity contribution in [2.24, 2.45) is 23.7 Å². The van der Waals surface area contributed by atoms with Gasteiger partial charge in [0.05, 0.1) is 0 Å². The minimum absolute atomic E-state index is 1.08. The largest absolute Gasteiger partial charge is 0.0654 e. The van der Waals surface area contributed by atoms with E-state index in [9.17, 15) is 0 Å². The molecule has 0 nitrogen and oxygen atoms in total. The fraction of sp³-hybridized carbons (Fsp3) is 1.00. The van der Waals surface area contributed by atoms with E-state index in [2.05, 4.69) is 13.8 Å². The summed E-state index contributed by atoms with van der Waals surface area (Å²) in [5.41, 5.74) is 0. The van der Waals surface area contributed by atoms with E-state index in [1.165, 1.54) is 32.1 Å². The van der Waals surface area contributed by atoms with Gasteiger partial charge in [-0.1, -0.05) is 52.4 Å². The Morgan fingerprint density at radius 3 is 2.47 bits per heavy atom. The van der Waals surface area contributed by atoms with Gasteiger partial charge in [0, 0.05) is 0 Å². The van der Waals surface area contributed by atoms with Crippen LogP contribution in [0.5, 0.6) is 0 Å². The fourth-order valence-electron chi connectivity index (χ4n) is 4.25. The van der Waals surface area contributed by atoms with E-state index in [1.54, 1.807) is 25.7 Å². The van der Waals surface area contributed by atoms with Crippen molar-refractivity contribution in [2.45, 2.75) is 71.6 Å². The fourth-order valence-corrected chi connectivity index (χ4v) is 4.25. The average molecular weight is 208 g/mol. The normalized spacial score (nSPS) is 36.0. The van der Waals surface area contributed by atoms with Crippen LogP contribution in [0.1, 0.15) is 71.6 Å². The SMILES string of the molecule is CCCCCC(CC)C1CC2CCC1C2. The Balaban J connectivity index is 1.79. The van der Waals surface area contributed by atoms with Gasteiger partial charge in [0.1, 0.15) is 0 Å². The first-order valence-electron chi connectivity index (χ1n) is 7.35. The summed E-state index contributed by atoms with van der Waals surface area (Å²) in [4.78, 5) is 0. The van der Waals surface area contributed by atoms with Crippen LogP contribution in [-0.4, -0.2) is 0 Å². The lowest BCUT2D eigenvalue weighted by Gasteiger charge is -2.30. The van der Waals surface area contributed by atoms with Crippen LogP contribution in [0.15, 0.2) is 0 Å². The van der Waals surface area contributed by atoms with E-state index in [0.717, 1.165) is 23.7 Å². The van der Waals surface area contributed by atoms with Gasteiger partial charge in [0.2, 0.25) is 0 Å². The standard InChI is InChI=1S/C15H28/c1-3-5-6-7-13(4-2)15-11-12-8-9-14(15)10-12/h12-15H,3-11H2,1-2H3. The molecule has 0 N–H and O–H groups in total. The minimum atomic E-state index is 1.08. The maximum atomic E-state index is 2.42. The molecule has 2 aliphatic carbocycles. The van der Waals surface area contributed by atoms with Crippen LogP contribution in [0.25, 0.3) is 0 Å². The summed E-state index contributed by atoms with van der Waals surface area (Å²) in [5, 5.41) is 0. The van der Waals surface area contributed by atoms with Gasteiger partial charge in [-0.3, -0.25) is 0 Å². The molecule has 2 fully saturated rings. The average Bonchev–Trinajstić information content (AvgIpc) is 2.86. The van der Waals surface area contributed by atoms with E-state index in [1.807, 2.05) is 0 Å². The van der Waals surface area contributed by atoms with E-state index in [0.29, 0.717) is 0 Å². The Labute approximate surface area is 95.8 Å². The molecule has 0 spiro atoms. The molecule has 0 saturated heterocycles. The van der Waals surface area contributed by atoms with Crippen LogP contribution in [-0.2, 0) is 0 Å². The molecule has 2 saturated carbocycles. The second-order valence-electron chi connectivity index (χ2n) is 6.00. The summed E-state index contributed by atoms with van der Waals surface area (Å²) >= 11 is 0. The molecule has 0 amide bonds. The molecular weight excluding hydrogens is 180 g/mol. The Kier molecular flexibility index (Phi) is 4.11. The zero-order valence-corrected chi connectivity index (χ0v) is 10.7. The summed E-state index contributed by atoms with van der Waals surface area (Å²) in [6.07, 6.45) is 13.6. The molecule has 15 heavy (non-hydrogen) atoms. The predicted octanol–water partition coefficient (Wildman–Crippen LogP) is 5.03. The highest BCUT2D eigenvalue weighted by molar-refractivity contribution is 4.92.